The van der Waals surface area contributed by atoms with Gasteiger partial charge in [-0.15, -0.1) is 0 Å². The van der Waals surface area contributed by atoms with E-state index in [0.29, 0.717) is 16.2 Å². The number of ether oxygens (including phenoxy) is 1. The van der Waals surface area contributed by atoms with Crippen LogP contribution in [0.2, 0.25) is 0 Å². The Labute approximate surface area is 168 Å². The lowest BCUT2D eigenvalue weighted by Crippen LogP contribution is -2.34. The molecule has 1 atom stereocenters. The highest BCUT2D eigenvalue weighted by Gasteiger charge is 2.19. The predicted molar refractivity (Wildman–Crippen MR) is 114 cm³/mol. The number of methoxy groups -OCH3 is 1. The highest BCUT2D eigenvalue weighted by Crippen LogP contribution is 2.26. The number of anilines is 1. The second-order valence-electron chi connectivity index (χ2n) is 7.77. The molecule has 2 aromatic carbocycles. The van der Waals surface area contributed by atoms with E-state index >= 15 is 0 Å². The van der Waals surface area contributed by atoms with Crippen LogP contribution in [0.4, 0.5) is 5.69 Å². The van der Waals surface area contributed by atoms with Crippen molar-refractivity contribution < 1.29 is 13.2 Å². The molecular formula is C22H30N2O3S. The van der Waals surface area contributed by atoms with Crippen molar-refractivity contribution in [1.29, 1.82) is 0 Å². The molecule has 1 aliphatic heterocycles. The fraction of sp³-hybridized carbons (Fsp3) is 0.455. The third kappa shape index (κ3) is 4.67. The minimum absolute atomic E-state index is 0.267. The Balaban J connectivity index is 1.69. The number of sulfonamides is 1. The molecule has 152 valence electrons. The maximum absolute atomic E-state index is 12.8. The van der Waals surface area contributed by atoms with Gasteiger partial charge in [0.2, 0.25) is 10.0 Å². The third-order valence-corrected chi connectivity index (χ3v) is 6.95. The molecule has 0 spiro atoms. The van der Waals surface area contributed by atoms with E-state index < -0.39 is 10.0 Å². The molecule has 1 saturated heterocycles. The van der Waals surface area contributed by atoms with Crippen LogP contribution in [0, 0.1) is 19.8 Å². The molecule has 1 heterocycles. The van der Waals surface area contributed by atoms with Gasteiger partial charge in [0.25, 0.3) is 0 Å². The SMILES string of the molecule is COc1cc(C)c(S(=O)(=O)NCc2ccc(N3CCC[C@@H](C)C3)cc2)cc1C. The van der Waals surface area contributed by atoms with Gasteiger partial charge >= 0.3 is 0 Å². The first-order chi connectivity index (χ1) is 13.3. The summed E-state index contributed by atoms with van der Waals surface area (Å²) >= 11 is 0. The molecule has 3 rings (SSSR count). The Morgan fingerprint density at radius 2 is 1.86 bits per heavy atom. The smallest absolute Gasteiger partial charge is 0.241 e. The van der Waals surface area contributed by atoms with Gasteiger partial charge in [0, 0.05) is 25.3 Å². The average Bonchev–Trinajstić information content (AvgIpc) is 2.68. The highest BCUT2D eigenvalue weighted by atomic mass is 32.2. The van der Waals surface area contributed by atoms with Crippen LogP contribution in [0.25, 0.3) is 0 Å². The first-order valence-electron chi connectivity index (χ1n) is 9.79. The number of nitrogens with one attached hydrogen (secondary N) is 1. The number of hydrogen-bond acceptors (Lipinski definition) is 4. The minimum Gasteiger partial charge on any atom is -0.496 e. The van der Waals surface area contributed by atoms with E-state index in [1.165, 1.54) is 18.5 Å². The van der Waals surface area contributed by atoms with Crippen LogP contribution >= 0.6 is 0 Å². The van der Waals surface area contributed by atoms with E-state index in [9.17, 15) is 8.42 Å². The second kappa shape index (κ2) is 8.53. The van der Waals surface area contributed by atoms with E-state index in [1.807, 2.05) is 19.1 Å². The second-order valence-corrected chi connectivity index (χ2v) is 9.51. The van der Waals surface area contributed by atoms with E-state index in [1.54, 1.807) is 26.2 Å². The Kier molecular flexibility index (Phi) is 6.30. The van der Waals surface area contributed by atoms with Crippen LogP contribution in [-0.4, -0.2) is 28.6 Å². The summed E-state index contributed by atoms with van der Waals surface area (Å²) < 4.78 is 33.5. The fourth-order valence-corrected chi connectivity index (χ4v) is 5.10. The molecule has 0 aromatic heterocycles. The van der Waals surface area contributed by atoms with Crippen LogP contribution in [0.1, 0.15) is 36.5 Å². The van der Waals surface area contributed by atoms with Crippen molar-refractivity contribution in [3.05, 3.63) is 53.1 Å². The van der Waals surface area contributed by atoms with Crippen molar-refractivity contribution in [2.45, 2.75) is 45.1 Å². The van der Waals surface area contributed by atoms with Gasteiger partial charge in [-0.1, -0.05) is 19.1 Å². The van der Waals surface area contributed by atoms with Crippen molar-refractivity contribution in [1.82, 2.24) is 4.72 Å². The van der Waals surface area contributed by atoms with Gasteiger partial charge in [-0.3, -0.25) is 0 Å². The van der Waals surface area contributed by atoms with Gasteiger partial charge in [-0.2, -0.15) is 0 Å². The molecule has 0 amide bonds. The fourth-order valence-electron chi connectivity index (χ4n) is 3.78. The lowest BCUT2D eigenvalue weighted by molar-refractivity contribution is 0.411. The van der Waals surface area contributed by atoms with Crippen LogP contribution in [0.3, 0.4) is 0 Å². The number of benzene rings is 2. The standard InChI is InChI=1S/C22H30N2O3S/c1-16-6-5-11-24(15-16)20-9-7-19(8-10-20)14-23-28(25,26)22-13-17(2)21(27-4)12-18(22)3/h7-10,12-13,16,23H,5-6,11,14-15H2,1-4H3/t16-/m1/s1. The Hall–Kier alpha value is -2.05. The van der Waals surface area contributed by atoms with Crippen LogP contribution in [0.15, 0.2) is 41.3 Å². The summed E-state index contributed by atoms with van der Waals surface area (Å²) in [4.78, 5) is 2.70. The van der Waals surface area contributed by atoms with Gasteiger partial charge < -0.3 is 9.64 Å². The molecular weight excluding hydrogens is 372 g/mol. The molecule has 28 heavy (non-hydrogen) atoms. The molecule has 0 aliphatic carbocycles. The normalized spacial score (nSPS) is 17.6. The van der Waals surface area contributed by atoms with Crippen molar-refractivity contribution in [3.63, 3.8) is 0 Å². The van der Waals surface area contributed by atoms with Gasteiger partial charge in [0.05, 0.1) is 12.0 Å². The van der Waals surface area contributed by atoms with Gasteiger partial charge in [0.1, 0.15) is 5.75 Å². The topological polar surface area (TPSA) is 58.6 Å². The Morgan fingerprint density at radius 3 is 2.50 bits per heavy atom. The van der Waals surface area contributed by atoms with Gasteiger partial charge in [0.15, 0.2) is 0 Å². The first kappa shape index (κ1) is 20.7. The zero-order chi connectivity index (χ0) is 20.3. The van der Waals surface area contributed by atoms with E-state index in [-0.39, 0.29) is 6.54 Å². The molecule has 1 N–H and O–H groups in total. The molecule has 1 aliphatic rings. The average molecular weight is 403 g/mol. The zero-order valence-corrected chi connectivity index (χ0v) is 18.0. The van der Waals surface area contributed by atoms with Crippen LogP contribution in [-0.2, 0) is 16.6 Å². The summed E-state index contributed by atoms with van der Waals surface area (Å²) in [6.45, 7) is 8.36. The van der Waals surface area contributed by atoms with Crippen LogP contribution < -0.4 is 14.4 Å². The molecule has 2 aromatic rings. The number of aryl methyl sites for hydroxylation is 2. The number of piperidine rings is 1. The van der Waals surface area contributed by atoms with E-state index in [2.05, 4.69) is 28.7 Å². The van der Waals surface area contributed by atoms with Crippen molar-refractivity contribution in [3.8, 4) is 5.75 Å². The van der Waals surface area contributed by atoms with E-state index in [4.69, 9.17) is 4.74 Å². The monoisotopic (exact) mass is 402 g/mol. The molecule has 5 nitrogen and oxygen atoms in total. The lowest BCUT2D eigenvalue weighted by Gasteiger charge is -2.32. The molecule has 0 bridgehead atoms. The molecule has 6 heteroatoms. The summed E-state index contributed by atoms with van der Waals surface area (Å²) in [6, 6.07) is 11.6. The quantitative estimate of drug-likeness (QED) is 0.793. The third-order valence-electron chi connectivity index (χ3n) is 5.41. The highest BCUT2D eigenvalue weighted by molar-refractivity contribution is 7.89. The first-order valence-corrected chi connectivity index (χ1v) is 11.3. The van der Waals surface area contributed by atoms with Crippen molar-refractivity contribution >= 4 is 15.7 Å². The van der Waals surface area contributed by atoms with Gasteiger partial charge in [-0.25, -0.2) is 13.1 Å². The molecule has 0 radical (unpaired) electrons. The molecule has 0 saturated carbocycles. The minimum atomic E-state index is -3.59. The van der Waals surface area contributed by atoms with Gasteiger partial charge in [-0.05, 0) is 73.6 Å². The zero-order valence-electron chi connectivity index (χ0n) is 17.2. The number of hydrogen-bond donors (Lipinski definition) is 1. The lowest BCUT2D eigenvalue weighted by atomic mass is 9.99. The van der Waals surface area contributed by atoms with Crippen molar-refractivity contribution in [2.75, 3.05) is 25.1 Å². The molecule has 1 fully saturated rings. The number of rotatable bonds is 6. The summed E-state index contributed by atoms with van der Waals surface area (Å²) in [5.74, 6) is 1.41. The Morgan fingerprint density at radius 1 is 1.14 bits per heavy atom. The maximum Gasteiger partial charge on any atom is 0.241 e. The maximum atomic E-state index is 12.8. The molecule has 0 unspecified atom stereocenters. The number of nitrogens with zero attached hydrogens (tertiary/aromatic N) is 1. The van der Waals surface area contributed by atoms with Crippen molar-refractivity contribution in [2.24, 2.45) is 5.92 Å². The summed E-state index contributed by atoms with van der Waals surface area (Å²) in [6.07, 6.45) is 2.52. The summed E-state index contributed by atoms with van der Waals surface area (Å²) in [7, 11) is -2.00. The summed E-state index contributed by atoms with van der Waals surface area (Å²) in [5, 5.41) is 0. The Bertz CT molecular complexity index is 924. The predicted octanol–water partition coefficient (Wildman–Crippen LogP) is 4.03. The largest absolute Gasteiger partial charge is 0.496 e. The van der Waals surface area contributed by atoms with Crippen LogP contribution in [0.5, 0.6) is 5.75 Å². The summed E-state index contributed by atoms with van der Waals surface area (Å²) in [5.41, 5.74) is 3.62. The van der Waals surface area contributed by atoms with E-state index in [0.717, 1.165) is 30.1 Å².